The molecular formula is C31H38N6O4S. The summed E-state index contributed by atoms with van der Waals surface area (Å²) in [5.74, 6) is -1.34. The van der Waals surface area contributed by atoms with Crippen LogP contribution < -0.4 is 10.6 Å². The van der Waals surface area contributed by atoms with E-state index in [0.717, 1.165) is 42.3 Å². The smallest absolute Gasteiger partial charge is 0.245 e. The number of amides is 3. The number of aliphatic hydroxyl groups excluding tert-OH is 1. The lowest BCUT2D eigenvalue weighted by Crippen LogP contribution is -2.56. The highest BCUT2D eigenvalue weighted by molar-refractivity contribution is 8.02. The van der Waals surface area contributed by atoms with Gasteiger partial charge in [0.25, 0.3) is 0 Å². The Bertz CT molecular complexity index is 1450. The Balaban J connectivity index is 1.25. The molecule has 6 rings (SSSR count). The zero-order valence-corrected chi connectivity index (χ0v) is 24.6. The summed E-state index contributed by atoms with van der Waals surface area (Å²) in [6, 6.07) is 16.7. The Morgan fingerprint density at radius 3 is 2.60 bits per heavy atom. The number of thioether (sulfide) groups is 1. The average Bonchev–Trinajstić information content (AvgIpc) is 3.72. The SMILES string of the molecule is CC1C[C@@H]2SC13C(C(=O)NCn1nnc4ccccc41)N(CCCCCCO)C(=O)[C@@H]3[C@@H]2C(=O)NCc1ccccc1. The highest BCUT2D eigenvalue weighted by Crippen LogP contribution is 2.68. The molecule has 0 aliphatic carbocycles. The van der Waals surface area contributed by atoms with Gasteiger partial charge in [0.1, 0.15) is 18.2 Å². The summed E-state index contributed by atoms with van der Waals surface area (Å²) in [4.78, 5) is 43.8. The van der Waals surface area contributed by atoms with Crippen LogP contribution in [0.1, 0.15) is 44.6 Å². The zero-order chi connectivity index (χ0) is 29.3. The van der Waals surface area contributed by atoms with Gasteiger partial charge in [-0.2, -0.15) is 0 Å². The molecule has 6 atom stereocenters. The van der Waals surface area contributed by atoms with Crippen molar-refractivity contribution in [1.29, 1.82) is 0 Å². The summed E-state index contributed by atoms with van der Waals surface area (Å²) in [7, 11) is 0. The van der Waals surface area contributed by atoms with Crippen LogP contribution >= 0.6 is 11.8 Å². The van der Waals surface area contributed by atoms with Crippen LogP contribution in [-0.4, -0.2) is 71.9 Å². The van der Waals surface area contributed by atoms with Crippen molar-refractivity contribution in [2.75, 3.05) is 13.2 Å². The van der Waals surface area contributed by atoms with E-state index in [2.05, 4.69) is 27.9 Å². The number of aromatic nitrogens is 3. The molecule has 42 heavy (non-hydrogen) atoms. The number of aliphatic hydroxyl groups is 1. The van der Waals surface area contributed by atoms with Gasteiger partial charge < -0.3 is 20.6 Å². The summed E-state index contributed by atoms with van der Waals surface area (Å²) in [5.41, 5.74) is 2.57. The number of benzene rings is 2. The molecule has 10 nitrogen and oxygen atoms in total. The van der Waals surface area contributed by atoms with Crippen LogP contribution in [0, 0.1) is 17.8 Å². The Labute approximate surface area is 249 Å². The molecule has 3 aliphatic rings. The minimum absolute atomic E-state index is 0.00835. The molecule has 2 aromatic carbocycles. The van der Waals surface area contributed by atoms with Crippen LogP contribution in [-0.2, 0) is 27.6 Å². The molecule has 222 valence electrons. The first-order valence-electron chi connectivity index (χ1n) is 14.9. The minimum Gasteiger partial charge on any atom is -0.396 e. The summed E-state index contributed by atoms with van der Waals surface area (Å²) < 4.78 is 0.983. The lowest BCUT2D eigenvalue weighted by molar-refractivity contribution is -0.140. The molecule has 3 unspecified atom stereocenters. The van der Waals surface area contributed by atoms with Crippen LogP contribution in [0.2, 0.25) is 0 Å². The number of fused-ring (bicyclic) bond motifs is 2. The highest BCUT2D eigenvalue weighted by Gasteiger charge is 2.75. The molecule has 1 aromatic heterocycles. The second kappa shape index (κ2) is 12.0. The van der Waals surface area contributed by atoms with Crippen molar-refractivity contribution in [3.8, 4) is 0 Å². The van der Waals surface area contributed by atoms with E-state index in [1.807, 2.05) is 54.6 Å². The molecule has 11 heteroatoms. The van der Waals surface area contributed by atoms with E-state index in [-0.39, 0.29) is 42.2 Å². The summed E-state index contributed by atoms with van der Waals surface area (Å²) in [5, 5.41) is 23.7. The number of hydrogen-bond acceptors (Lipinski definition) is 7. The van der Waals surface area contributed by atoms with Gasteiger partial charge in [0, 0.05) is 24.9 Å². The van der Waals surface area contributed by atoms with E-state index < -0.39 is 22.6 Å². The number of nitrogens with zero attached hydrogens (tertiary/aromatic N) is 4. The summed E-state index contributed by atoms with van der Waals surface area (Å²) >= 11 is 1.68. The van der Waals surface area contributed by atoms with Crippen molar-refractivity contribution < 1.29 is 19.5 Å². The fraction of sp³-hybridized carbons (Fsp3) is 0.516. The van der Waals surface area contributed by atoms with Gasteiger partial charge in [0.15, 0.2) is 0 Å². The van der Waals surface area contributed by atoms with Crippen LogP contribution in [0.25, 0.3) is 11.0 Å². The van der Waals surface area contributed by atoms with Gasteiger partial charge in [-0.3, -0.25) is 14.4 Å². The second-order valence-corrected chi connectivity index (χ2v) is 13.3. The van der Waals surface area contributed by atoms with E-state index in [0.29, 0.717) is 19.5 Å². The first kappa shape index (κ1) is 28.7. The number of unbranched alkanes of at least 4 members (excludes halogenated alkanes) is 3. The standard InChI is InChI=1S/C31H38N6O4S/c1-20-17-24-25(28(39)32-18-21-11-5-4-6-12-21)26-30(41)36(15-9-2-3-10-16-38)27(31(20,26)42-24)29(40)33-19-37-23-14-8-7-13-22(23)34-35-37/h4-8,11-14,20,24-27,38H,2-3,9-10,15-19H2,1H3,(H,32,39)(H,33,40)/t20?,24-,25+,26-,27?,31?/m0/s1. The van der Waals surface area contributed by atoms with Crippen molar-refractivity contribution in [2.45, 2.75) is 68.3 Å². The van der Waals surface area contributed by atoms with E-state index in [9.17, 15) is 19.5 Å². The number of para-hydroxylation sites is 1. The van der Waals surface area contributed by atoms with Crippen molar-refractivity contribution in [1.82, 2.24) is 30.5 Å². The molecule has 3 saturated heterocycles. The fourth-order valence-corrected chi connectivity index (χ4v) is 9.72. The molecule has 3 N–H and O–H groups in total. The van der Waals surface area contributed by atoms with Gasteiger partial charge in [-0.1, -0.05) is 67.4 Å². The van der Waals surface area contributed by atoms with E-state index in [1.54, 1.807) is 21.3 Å². The Morgan fingerprint density at radius 2 is 1.79 bits per heavy atom. The lowest BCUT2D eigenvalue weighted by Gasteiger charge is -2.38. The first-order valence-corrected chi connectivity index (χ1v) is 15.8. The Hall–Kier alpha value is -3.44. The highest BCUT2D eigenvalue weighted by atomic mass is 32.2. The van der Waals surface area contributed by atoms with Crippen molar-refractivity contribution in [3.05, 3.63) is 60.2 Å². The van der Waals surface area contributed by atoms with Gasteiger partial charge in [0.05, 0.1) is 22.1 Å². The molecule has 0 saturated carbocycles. The molecular weight excluding hydrogens is 552 g/mol. The largest absolute Gasteiger partial charge is 0.396 e. The Kier molecular flexibility index (Phi) is 8.22. The maximum absolute atomic E-state index is 14.2. The molecule has 2 bridgehead atoms. The molecule has 3 amide bonds. The number of carbonyl (C=O) groups excluding carboxylic acids is 3. The third-order valence-electron chi connectivity index (χ3n) is 9.24. The van der Waals surface area contributed by atoms with Gasteiger partial charge in [-0.15, -0.1) is 16.9 Å². The van der Waals surface area contributed by atoms with Crippen molar-refractivity contribution in [2.24, 2.45) is 17.8 Å². The number of carbonyl (C=O) groups is 3. The predicted molar refractivity (Wildman–Crippen MR) is 160 cm³/mol. The summed E-state index contributed by atoms with van der Waals surface area (Å²) in [6.45, 7) is 3.26. The molecule has 3 fully saturated rings. The number of rotatable bonds is 12. The van der Waals surface area contributed by atoms with Gasteiger partial charge >= 0.3 is 0 Å². The summed E-state index contributed by atoms with van der Waals surface area (Å²) in [6.07, 6.45) is 3.96. The van der Waals surface area contributed by atoms with Gasteiger partial charge in [-0.25, -0.2) is 4.68 Å². The maximum Gasteiger partial charge on any atom is 0.245 e. The van der Waals surface area contributed by atoms with Gasteiger partial charge in [-0.05, 0) is 42.9 Å². The zero-order valence-electron chi connectivity index (χ0n) is 23.8. The lowest BCUT2D eigenvalue weighted by atomic mass is 9.66. The minimum atomic E-state index is -0.681. The number of hydrogen-bond donors (Lipinski definition) is 3. The third kappa shape index (κ3) is 4.96. The molecule has 3 aromatic rings. The van der Waals surface area contributed by atoms with Crippen LogP contribution in [0.4, 0.5) is 0 Å². The normalized spacial score (nSPS) is 27.9. The molecule has 3 aliphatic heterocycles. The molecule has 1 spiro atoms. The maximum atomic E-state index is 14.2. The fourth-order valence-electron chi connectivity index (χ4n) is 7.29. The molecule has 0 radical (unpaired) electrons. The van der Waals surface area contributed by atoms with Crippen LogP contribution in [0.15, 0.2) is 54.6 Å². The van der Waals surface area contributed by atoms with E-state index in [1.165, 1.54) is 0 Å². The van der Waals surface area contributed by atoms with Crippen molar-refractivity contribution >= 4 is 40.5 Å². The van der Waals surface area contributed by atoms with E-state index >= 15 is 0 Å². The second-order valence-electron chi connectivity index (χ2n) is 11.7. The molecule has 4 heterocycles. The first-order chi connectivity index (χ1) is 20.5. The topological polar surface area (TPSA) is 129 Å². The third-order valence-corrected chi connectivity index (χ3v) is 11.3. The average molecular weight is 591 g/mol. The van der Waals surface area contributed by atoms with Crippen LogP contribution in [0.3, 0.4) is 0 Å². The van der Waals surface area contributed by atoms with Crippen LogP contribution in [0.5, 0.6) is 0 Å². The van der Waals surface area contributed by atoms with Crippen molar-refractivity contribution in [3.63, 3.8) is 0 Å². The quantitative estimate of drug-likeness (QED) is 0.277. The Morgan fingerprint density at radius 1 is 1.02 bits per heavy atom. The monoisotopic (exact) mass is 590 g/mol. The predicted octanol–water partition coefficient (Wildman–Crippen LogP) is 2.71. The number of likely N-dealkylation sites (tertiary alicyclic amines) is 1. The number of nitrogens with one attached hydrogen (secondary N) is 2. The van der Waals surface area contributed by atoms with Gasteiger partial charge in [0.2, 0.25) is 17.7 Å². The van der Waals surface area contributed by atoms with E-state index in [4.69, 9.17) is 0 Å².